The predicted molar refractivity (Wildman–Crippen MR) is 41.1 cm³/mol. The van der Waals surface area contributed by atoms with E-state index >= 15 is 0 Å². The van der Waals surface area contributed by atoms with Crippen molar-refractivity contribution in [1.29, 1.82) is 0 Å². The zero-order chi connectivity index (χ0) is 6.97. The molecule has 0 saturated heterocycles. The van der Waals surface area contributed by atoms with Crippen molar-refractivity contribution in [2.24, 2.45) is 0 Å². The Balaban J connectivity index is 2.88. The van der Waals surface area contributed by atoms with Crippen LogP contribution in [0.4, 0.5) is 0 Å². The number of hydrogen-bond donors (Lipinski definition) is 1. The van der Waals surface area contributed by atoms with E-state index in [4.69, 9.17) is 11.6 Å². The smallest absolute Gasteiger partial charge is 0.138 e. The fraction of sp³-hybridized carbons (Fsp3) is 0. The molecule has 50 valence electrons. The van der Waals surface area contributed by atoms with Gasteiger partial charge >= 0.3 is 0 Å². The van der Waals surface area contributed by atoms with E-state index in [0.29, 0.717) is 5.15 Å². The Hall–Kier alpha value is -1.02. The summed E-state index contributed by atoms with van der Waals surface area (Å²) in [5.41, 5.74) is 0.840. The lowest BCUT2D eigenvalue weighted by atomic mass is 10.3. The van der Waals surface area contributed by atoms with Gasteiger partial charge in [-0.2, -0.15) is 0 Å². The van der Waals surface area contributed by atoms with Crippen molar-refractivity contribution in [2.45, 2.75) is 0 Å². The zero-order valence-electron chi connectivity index (χ0n) is 5.13. The van der Waals surface area contributed by atoms with Crippen LogP contribution in [0.2, 0.25) is 5.15 Å². The predicted octanol–water partition coefficient (Wildman–Crippen LogP) is 2.22. The molecule has 0 aliphatic rings. The van der Waals surface area contributed by atoms with E-state index in [9.17, 15) is 0 Å². The second kappa shape index (κ2) is 1.99. The summed E-state index contributed by atoms with van der Waals surface area (Å²) in [5.74, 6) is 0. The lowest BCUT2D eigenvalue weighted by molar-refractivity contribution is 1.33. The van der Waals surface area contributed by atoms with Gasteiger partial charge in [-0.25, -0.2) is 4.98 Å². The van der Waals surface area contributed by atoms with Crippen molar-refractivity contribution in [3.05, 3.63) is 29.5 Å². The molecule has 1 N–H and O–H groups in total. The van der Waals surface area contributed by atoms with Crippen LogP contribution in [-0.2, 0) is 0 Å². The van der Waals surface area contributed by atoms with E-state index in [2.05, 4.69) is 9.97 Å². The molecule has 0 aromatic carbocycles. The minimum Gasteiger partial charge on any atom is -0.330 e. The third-order valence-corrected chi connectivity index (χ3v) is 1.56. The summed E-state index contributed by atoms with van der Waals surface area (Å²) in [6.45, 7) is 0. The van der Waals surface area contributed by atoms with E-state index in [1.807, 2.05) is 18.2 Å². The first-order valence-corrected chi connectivity index (χ1v) is 3.33. The molecule has 10 heavy (non-hydrogen) atoms. The van der Waals surface area contributed by atoms with Gasteiger partial charge in [0.25, 0.3) is 0 Å². The first kappa shape index (κ1) is 5.74. The molecule has 2 nitrogen and oxygen atoms in total. The molecule has 0 radical (unpaired) electrons. The van der Waals surface area contributed by atoms with Crippen LogP contribution < -0.4 is 0 Å². The second-order valence-corrected chi connectivity index (χ2v) is 2.47. The standard InChI is InChI=1S/C7H5ClN2/c8-6-4-5-2-1-3-9-7(5)10-6/h1-4H,(H,9,10). The molecule has 0 unspecified atom stereocenters. The van der Waals surface area contributed by atoms with Crippen LogP contribution in [0.15, 0.2) is 24.4 Å². The normalized spacial score (nSPS) is 10.5. The van der Waals surface area contributed by atoms with Gasteiger partial charge < -0.3 is 4.98 Å². The fourth-order valence-electron chi connectivity index (χ4n) is 0.924. The number of H-pyrrole nitrogens is 1. The molecule has 0 spiro atoms. The van der Waals surface area contributed by atoms with Crippen molar-refractivity contribution in [2.75, 3.05) is 0 Å². The molecule has 0 bridgehead atoms. The van der Waals surface area contributed by atoms with Crippen molar-refractivity contribution >= 4 is 22.6 Å². The number of rotatable bonds is 0. The topological polar surface area (TPSA) is 28.7 Å². The van der Waals surface area contributed by atoms with Crippen LogP contribution in [0.3, 0.4) is 0 Å². The summed E-state index contributed by atoms with van der Waals surface area (Å²) in [7, 11) is 0. The molecule has 0 saturated carbocycles. The van der Waals surface area contributed by atoms with Gasteiger partial charge in [-0.05, 0) is 18.2 Å². The molecule has 2 rings (SSSR count). The van der Waals surface area contributed by atoms with E-state index in [1.165, 1.54) is 0 Å². The molecule has 0 aliphatic heterocycles. The Morgan fingerprint density at radius 3 is 3.20 bits per heavy atom. The van der Waals surface area contributed by atoms with Gasteiger partial charge in [-0.15, -0.1) is 0 Å². The van der Waals surface area contributed by atoms with Crippen LogP contribution in [0.25, 0.3) is 11.0 Å². The van der Waals surface area contributed by atoms with Crippen LogP contribution in [0.5, 0.6) is 0 Å². The van der Waals surface area contributed by atoms with Crippen LogP contribution in [0, 0.1) is 0 Å². The third kappa shape index (κ3) is 0.772. The number of aromatic nitrogens is 2. The molecular weight excluding hydrogens is 148 g/mol. The number of halogens is 1. The highest BCUT2D eigenvalue weighted by molar-refractivity contribution is 6.30. The summed E-state index contributed by atoms with van der Waals surface area (Å²) in [5, 5.41) is 1.68. The average Bonchev–Trinajstić information content (AvgIpc) is 2.27. The van der Waals surface area contributed by atoms with Gasteiger partial charge in [0.2, 0.25) is 0 Å². The number of fused-ring (bicyclic) bond motifs is 1. The summed E-state index contributed by atoms with van der Waals surface area (Å²) in [6.07, 6.45) is 1.73. The Morgan fingerprint density at radius 1 is 1.50 bits per heavy atom. The largest absolute Gasteiger partial charge is 0.330 e. The van der Waals surface area contributed by atoms with Crippen molar-refractivity contribution in [3.63, 3.8) is 0 Å². The molecule has 2 aromatic rings. The maximum Gasteiger partial charge on any atom is 0.138 e. The van der Waals surface area contributed by atoms with Crippen molar-refractivity contribution < 1.29 is 0 Å². The van der Waals surface area contributed by atoms with Crippen molar-refractivity contribution in [1.82, 2.24) is 9.97 Å². The van der Waals surface area contributed by atoms with Crippen LogP contribution >= 0.6 is 11.6 Å². The van der Waals surface area contributed by atoms with Crippen molar-refractivity contribution in [3.8, 4) is 0 Å². The van der Waals surface area contributed by atoms with Gasteiger partial charge in [-0.1, -0.05) is 11.6 Å². The number of nitrogens with zero attached hydrogens (tertiary/aromatic N) is 1. The Labute approximate surface area is 62.8 Å². The molecule has 0 atom stereocenters. The van der Waals surface area contributed by atoms with E-state index in [-0.39, 0.29) is 0 Å². The van der Waals surface area contributed by atoms with Crippen LogP contribution in [-0.4, -0.2) is 9.97 Å². The minimum absolute atomic E-state index is 0.633. The van der Waals surface area contributed by atoms with Gasteiger partial charge in [0.1, 0.15) is 10.8 Å². The molecule has 0 fully saturated rings. The molecule has 0 aliphatic carbocycles. The summed E-state index contributed by atoms with van der Waals surface area (Å²) in [4.78, 5) is 6.97. The monoisotopic (exact) mass is 152 g/mol. The fourth-order valence-corrected chi connectivity index (χ4v) is 1.13. The highest BCUT2D eigenvalue weighted by atomic mass is 35.5. The third-order valence-electron chi connectivity index (χ3n) is 1.36. The van der Waals surface area contributed by atoms with Gasteiger partial charge in [0, 0.05) is 11.6 Å². The lowest BCUT2D eigenvalue weighted by Gasteiger charge is -1.82. The van der Waals surface area contributed by atoms with E-state index in [1.54, 1.807) is 6.20 Å². The van der Waals surface area contributed by atoms with E-state index in [0.717, 1.165) is 11.0 Å². The zero-order valence-corrected chi connectivity index (χ0v) is 5.89. The summed E-state index contributed by atoms with van der Waals surface area (Å²) < 4.78 is 0. The Morgan fingerprint density at radius 2 is 2.40 bits per heavy atom. The SMILES string of the molecule is Clc1cc2cccnc2[nH]1. The second-order valence-electron chi connectivity index (χ2n) is 2.06. The minimum atomic E-state index is 0.633. The average molecular weight is 153 g/mol. The highest BCUT2D eigenvalue weighted by Gasteiger charge is 1.95. The molecule has 0 amide bonds. The molecule has 2 aromatic heterocycles. The Kier molecular flexibility index (Phi) is 1.14. The van der Waals surface area contributed by atoms with Gasteiger partial charge in [0.05, 0.1) is 0 Å². The maximum absolute atomic E-state index is 5.69. The van der Waals surface area contributed by atoms with Crippen LogP contribution in [0.1, 0.15) is 0 Å². The highest BCUT2D eigenvalue weighted by Crippen LogP contribution is 2.15. The molecular formula is C7H5ClN2. The number of nitrogens with one attached hydrogen (secondary N) is 1. The van der Waals surface area contributed by atoms with Gasteiger partial charge in [0.15, 0.2) is 0 Å². The summed E-state index contributed by atoms with van der Waals surface area (Å²) in [6, 6.07) is 5.70. The van der Waals surface area contributed by atoms with E-state index < -0.39 is 0 Å². The number of aromatic amines is 1. The maximum atomic E-state index is 5.69. The molecule has 2 heterocycles. The van der Waals surface area contributed by atoms with Gasteiger partial charge in [-0.3, -0.25) is 0 Å². The quantitative estimate of drug-likeness (QED) is 0.616. The first-order chi connectivity index (χ1) is 4.86. The lowest BCUT2D eigenvalue weighted by Crippen LogP contribution is -1.71. The first-order valence-electron chi connectivity index (χ1n) is 2.95. The number of hydrogen-bond acceptors (Lipinski definition) is 1. The number of pyridine rings is 1. The summed E-state index contributed by atoms with van der Waals surface area (Å²) >= 11 is 5.69. The Bertz CT molecular complexity index is 320. The molecule has 3 heteroatoms.